The predicted octanol–water partition coefficient (Wildman–Crippen LogP) is 1.87. The molecule has 1 aromatic rings. The maximum atomic E-state index is 12.4. The SMILES string of the molecule is COc1cc(CF)cc(C(=O)O)c1OC. The van der Waals surface area contributed by atoms with Crippen molar-refractivity contribution < 1.29 is 23.8 Å². The Labute approximate surface area is 86.2 Å². The number of rotatable bonds is 4. The van der Waals surface area contributed by atoms with Crippen LogP contribution in [-0.2, 0) is 6.67 Å². The maximum Gasteiger partial charge on any atom is 0.339 e. The number of hydrogen-bond acceptors (Lipinski definition) is 3. The number of alkyl halides is 1. The summed E-state index contributed by atoms with van der Waals surface area (Å²) in [6.07, 6.45) is 0. The topological polar surface area (TPSA) is 55.8 Å². The fourth-order valence-corrected chi connectivity index (χ4v) is 1.26. The van der Waals surface area contributed by atoms with Gasteiger partial charge in [-0.25, -0.2) is 9.18 Å². The molecule has 0 spiro atoms. The van der Waals surface area contributed by atoms with Gasteiger partial charge in [0.1, 0.15) is 12.2 Å². The van der Waals surface area contributed by atoms with Crippen molar-refractivity contribution in [2.75, 3.05) is 14.2 Å². The molecular formula is C10H11FO4. The van der Waals surface area contributed by atoms with Gasteiger partial charge in [0.25, 0.3) is 0 Å². The highest BCUT2D eigenvalue weighted by atomic mass is 19.1. The lowest BCUT2D eigenvalue weighted by atomic mass is 10.1. The second kappa shape index (κ2) is 4.63. The molecule has 0 saturated heterocycles. The minimum absolute atomic E-state index is 0.0993. The molecule has 0 heterocycles. The first-order chi connectivity index (χ1) is 7.13. The van der Waals surface area contributed by atoms with Crippen molar-refractivity contribution in [3.63, 3.8) is 0 Å². The van der Waals surface area contributed by atoms with Gasteiger partial charge in [-0.2, -0.15) is 0 Å². The minimum Gasteiger partial charge on any atom is -0.493 e. The van der Waals surface area contributed by atoms with Crippen molar-refractivity contribution in [3.8, 4) is 11.5 Å². The first-order valence-electron chi connectivity index (χ1n) is 4.18. The lowest BCUT2D eigenvalue weighted by Crippen LogP contribution is -2.03. The first-order valence-corrected chi connectivity index (χ1v) is 4.18. The van der Waals surface area contributed by atoms with E-state index in [2.05, 4.69) is 0 Å². The highest BCUT2D eigenvalue weighted by Crippen LogP contribution is 2.32. The number of carbonyl (C=O) groups is 1. The molecule has 5 heteroatoms. The quantitative estimate of drug-likeness (QED) is 0.831. The van der Waals surface area contributed by atoms with Crippen LogP contribution in [0, 0.1) is 0 Å². The van der Waals surface area contributed by atoms with Crippen LogP contribution in [0.15, 0.2) is 12.1 Å². The van der Waals surface area contributed by atoms with E-state index in [-0.39, 0.29) is 22.6 Å². The van der Waals surface area contributed by atoms with Gasteiger partial charge in [-0.3, -0.25) is 0 Å². The summed E-state index contributed by atoms with van der Waals surface area (Å²) in [6.45, 7) is -0.749. The van der Waals surface area contributed by atoms with Crippen LogP contribution in [-0.4, -0.2) is 25.3 Å². The third-order valence-corrected chi connectivity index (χ3v) is 1.92. The molecule has 15 heavy (non-hydrogen) atoms. The van der Waals surface area contributed by atoms with Gasteiger partial charge in [0.2, 0.25) is 0 Å². The van der Waals surface area contributed by atoms with Crippen LogP contribution >= 0.6 is 0 Å². The molecule has 0 aromatic heterocycles. The van der Waals surface area contributed by atoms with Crippen molar-refractivity contribution in [3.05, 3.63) is 23.3 Å². The molecule has 0 aliphatic rings. The van der Waals surface area contributed by atoms with Gasteiger partial charge in [-0.1, -0.05) is 0 Å². The molecule has 1 aromatic carbocycles. The molecule has 0 fully saturated rings. The molecule has 0 amide bonds. The zero-order valence-corrected chi connectivity index (χ0v) is 8.41. The minimum atomic E-state index is -1.18. The lowest BCUT2D eigenvalue weighted by Gasteiger charge is -2.11. The summed E-state index contributed by atoms with van der Waals surface area (Å²) in [5, 5.41) is 8.88. The summed E-state index contributed by atoms with van der Waals surface area (Å²) in [6, 6.07) is 2.63. The van der Waals surface area contributed by atoms with Gasteiger partial charge >= 0.3 is 5.97 Å². The number of carboxylic acid groups (broad SMARTS) is 1. The summed E-state index contributed by atoms with van der Waals surface area (Å²) in [7, 11) is 2.70. The van der Waals surface area contributed by atoms with E-state index in [1.165, 1.54) is 26.4 Å². The van der Waals surface area contributed by atoms with Crippen LogP contribution in [0.25, 0.3) is 0 Å². The number of carboxylic acids is 1. The monoisotopic (exact) mass is 214 g/mol. The van der Waals surface area contributed by atoms with Gasteiger partial charge in [-0.15, -0.1) is 0 Å². The van der Waals surface area contributed by atoms with E-state index < -0.39 is 12.6 Å². The van der Waals surface area contributed by atoms with Crippen molar-refractivity contribution in [2.24, 2.45) is 0 Å². The van der Waals surface area contributed by atoms with Crippen molar-refractivity contribution in [2.45, 2.75) is 6.67 Å². The zero-order chi connectivity index (χ0) is 11.4. The normalized spacial score (nSPS) is 9.80. The van der Waals surface area contributed by atoms with E-state index in [0.717, 1.165) is 0 Å². The lowest BCUT2D eigenvalue weighted by molar-refractivity contribution is 0.0692. The average Bonchev–Trinajstić information content (AvgIpc) is 2.26. The highest BCUT2D eigenvalue weighted by molar-refractivity contribution is 5.92. The molecule has 0 bridgehead atoms. The third-order valence-electron chi connectivity index (χ3n) is 1.92. The van der Waals surface area contributed by atoms with Crippen LogP contribution < -0.4 is 9.47 Å². The van der Waals surface area contributed by atoms with Crippen LogP contribution in [0.5, 0.6) is 11.5 Å². The van der Waals surface area contributed by atoms with E-state index >= 15 is 0 Å². The molecule has 0 aliphatic carbocycles. The van der Waals surface area contributed by atoms with Gasteiger partial charge in [0.05, 0.1) is 14.2 Å². The summed E-state index contributed by atoms with van der Waals surface area (Å²) >= 11 is 0. The van der Waals surface area contributed by atoms with E-state index in [1.54, 1.807) is 0 Å². The molecular weight excluding hydrogens is 203 g/mol. The second-order valence-corrected chi connectivity index (χ2v) is 2.82. The number of methoxy groups -OCH3 is 2. The first kappa shape index (κ1) is 11.3. The van der Waals surface area contributed by atoms with E-state index in [0.29, 0.717) is 0 Å². The fraction of sp³-hybridized carbons (Fsp3) is 0.300. The molecule has 82 valence electrons. The van der Waals surface area contributed by atoms with Crippen molar-refractivity contribution >= 4 is 5.97 Å². The number of benzene rings is 1. The maximum absolute atomic E-state index is 12.4. The Bertz CT molecular complexity index is 376. The fourth-order valence-electron chi connectivity index (χ4n) is 1.26. The van der Waals surface area contributed by atoms with E-state index in [9.17, 15) is 9.18 Å². The standard InChI is InChI=1S/C10H11FO4/c1-14-8-4-6(5-11)3-7(10(12)13)9(8)15-2/h3-4H,5H2,1-2H3,(H,12,13). The number of aromatic carboxylic acids is 1. The van der Waals surface area contributed by atoms with Crippen molar-refractivity contribution in [1.82, 2.24) is 0 Å². The molecule has 0 radical (unpaired) electrons. The largest absolute Gasteiger partial charge is 0.493 e. The second-order valence-electron chi connectivity index (χ2n) is 2.82. The van der Waals surface area contributed by atoms with Gasteiger partial charge < -0.3 is 14.6 Å². The summed E-state index contributed by atoms with van der Waals surface area (Å²) < 4.78 is 22.2. The Morgan fingerprint density at radius 1 is 1.40 bits per heavy atom. The zero-order valence-electron chi connectivity index (χ0n) is 8.41. The third kappa shape index (κ3) is 2.18. The van der Waals surface area contributed by atoms with Crippen LogP contribution in [0.1, 0.15) is 15.9 Å². The Hall–Kier alpha value is -1.78. The van der Waals surface area contributed by atoms with Crippen LogP contribution in [0.3, 0.4) is 0 Å². The van der Waals surface area contributed by atoms with E-state index in [4.69, 9.17) is 14.6 Å². The summed E-state index contributed by atoms with van der Waals surface area (Å²) in [4.78, 5) is 10.9. The smallest absolute Gasteiger partial charge is 0.339 e. The Morgan fingerprint density at radius 2 is 2.07 bits per heavy atom. The number of hydrogen-bond donors (Lipinski definition) is 1. The van der Waals surface area contributed by atoms with E-state index in [1.807, 2.05) is 0 Å². The molecule has 0 unspecified atom stereocenters. The van der Waals surface area contributed by atoms with Gasteiger partial charge in [0.15, 0.2) is 11.5 Å². The predicted molar refractivity (Wildman–Crippen MR) is 51.3 cm³/mol. The summed E-state index contributed by atoms with van der Waals surface area (Å²) in [5.41, 5.74) is 0.134. The Morgan fingerprint density at radius 3 is 2.47 bits per heavy atom. The molecule has 0 saturated carbocycles. The van der Waals surface area contributed by atoms with Crippen LogP contribution in [0.4, 0.5) is 4.39 Å². The number of halogens is 1. The summed E-state index contributed by atoms with van der Waals surface area (Å²) in [5.74, 6) is -0.868. The molecule has 0 aliphatic heterocycles. The van der Waals surface area contributed by atoms with Gasteiger partial charge in [0, 0.05) is 0 Å². The molecule has 1 rings (SSSR count). The average molecular weight is 214 g/mol. The van der Waals surface area contributed by atoms with Crippen LogP contribution in [0.2, 0.25) is 0 Å². The molecule has 0 atom stereocenters. The molecule has 1 N–H and O–H groups in total. The highest BCUT2D eigenvalue weighted by Gasteiger charge is 2.17. The van der Waals surface area contributed by atoms with Gasteiger partial charge in [-0.05, 0) is 17.7 Å². The Kier molecular flexibility index (Phi) is 3.49. The Balaban J connectivity index is 3.39. The molecule has 4 nitrogen and oxygen atoms in total. The number of ether oxygens (including phenoxy) is 2. The van der Waals surface area contributed by atoms with Crippen molar-refractivity contribution in [1.29, 1.82) is 0 Å².